The Morgan fingerprint density at radius 1 is 1.44 bits per heavy atom. The summed E-state index contributed by atoms with van der Waals surface area (Å²) in [6.45, 7) is 5.98. The van der Waals surface area contributed by atoms with Gasteiger partial charge in [-0.3, -0.25) is 4.90 Å². The zero-order valence-corrected chi connectivity index (χ0v) is 10.7. The number of rotatable bonds is 4. The highest BCUT2D eigenvalue weighted by atomic mass is 32.1. The molecule has 3 heteroatoms. The van der Waals surface area contributed by atoms with E-state index in [2.05, 4.69) is 34.0 Å². The van der Waals surface area contributed by atoms with Crippen molar-refractivity contribution in [3.63, 3.8) is 0 Å². The molecule has 0 amide bonds. The lowest BCUT2D eigenvalue weighted by molar-refractivity contribution is 0.313. The maximum absolute atomic E-state index is 3.71. The first-order chi connectivity index (χ1) is 7.83. The van der Waals surface area contributed by atoms with E-state index >= 15 is 0 Å². The normalized spacial score (nSPS) is 31.1. The van der Waals surface area contributed by atoms with Crippen LogP contribution < -0.4 is 5.32 Å². The molecule has 0 aromatic carbocycles. The fourth-order valence-electron chi connectivity index (χ4n) is 2.65. The minimum atomic E-state index is 0.695. The summed E-state index contributed by atoms with van der Waals surface area (Å²) in [5, 5.41) is 8.11. The van der Waals surface area contributed by atoms with Gasteiger partial charge in [0.15, 0.2) is 0 Å². The number of hydrogen-bond acceptors (Lipinski definition) is 3. The van der Waals surface area contributed by atoms with Crippen LogP contribution in [0.1, 0.15) is 25.3 Å². The van der Waals surface area contributed by atoms with Crippen LogP contribution in [0.4, 0.5) is 0 Å². The lowest BCUT2D eigenvalue weighted by Crippen LogP contribution is -2.35. The molecule has 2 heterocycles. The second kappa shape index (κ2) is 4.47. The van der Waals surface area contributed by atoms with E-state index in [4.69, 9.17) is 0 Å². The van der Waals surface area contributed by atoms with E-state index in [9.17, 15) is 0 Å². The fraction of sp³-hybridized carbons (Fsp3) is 0.692. The smallest absolute Gasteiger partial charge is 0.0236 e. The van der Waals surface area contributed by atoms with Crippen molar-refractivity contribution in [2.45, 2.75) is 38.4 Å². The van der Waals surface area contributed by atoms with Crippen molar-refractivity contribution in [3.05, 3.63) is 22.4 Å². The Balaban J connectivity index is 1.51. The standard InChI is InChI=1S/C13H20N2S/c1-10-7-15(12-2-3-12)8-13(10)14-6-11-4-5-16-9-11/h4-5,9-10,12-14H,2-3,6-8H2,1H3. The van der Waals surface area contributed by atoms with Crippen molar-refractivity contribution in [2.24, 2.45) is 5.92 Å². The van der Waals surface area contributed by atoms with E-state index in [1.165, 1.54) is 31.5 Å². The topological polar surface area (TPSA) is 15.3 Å². The van der Waals surface area contributed by atoms with Gasteiger partial charge >= 0.3 is 0 Å². The molecule has 1 aliphatic carbocycles. The summed E-state index contributed by atoms with van der Waals surface area (Å²) in [4.78, 5) is 2.68. The molecule has 16 heavy (non-hydrogen) atoms. The molecule has 0 spiro atoms. The van der Waals surface area contributed by atoms with Crippen molar-refractivity contribution in [1.29, 1.82) is 0 Å². The number of nitrogens with zero attached hydrogens (tertiary/aromatic N) is 1. The molecule has 0 radical (unpaired) electrons. The first-order valence-corrected chi connectivity index (χ1v) is 7.26. The summed E-state index contributed by atoms with van der Waals surface area (Å²) in [6.07, 6.45) is 2.87. The molecular weight excluding hydrogens is 216 g/mol. The van der Waals surface area contributed by atoms with Crippen LogP contribution in [-0.4, -0.2) is 30.1 Å². The van der Waals surface area contributed by atoms with Crippen LogP contribution in [0.5, 0.6) is 0 Å². The van der Waals surface area contributed by atoms with Gasteiger partial charge in [0.25, 0.3) is 0 Å². The monoisotopic (exact) mass is 236 g/mol. The first kappa shape index (κ1) is 10.8. The molecule has 3 rings (SSSR count). The average molecular weight is 236 g/mol. The summed E-state index contributed by atoms with van der Waals surface area (Å²) in [5.41, 5.74) is 1.43. The Bertz CT molecular complexity index is 332. The molecular formula is C13H20N2S. The van der Waals surface area contributed by atoms with E-state index in [1.54, 1.807) is 11.3 Å². The predicted molar refractivity (Wildman–Crippen MR) is 68.7 cm³/mol. The Morgan fingerprint density at radius 2 is 2.31 bits per heavy atom. The Kier molecular flexibility index (Phi) is 3.01. The molecule has 2 nitrogen and oxygen atoms in total. The average Bonchev–Trinajstić information content (AvgIpc) is 2.86. The van der Waals surface area contributed by atoms with E-state index in [0.717, 1.165) is 18.5 Å². The van der Waals surface area contributed by atoms with Crippen LogP contribution in [0.15, 0.2) is 16.8 Å². The Labute approximate surface area is 102 Å². The quantitative estimate of drug-likeness (QED) is 0.863. The van der Waals surface area contributed by atoms with E-state index in [1.807, 2.05) is 0 Å². The van der Waals surface area contributed by atoms with Gasteiger partial charge in [-0.15, -0.1) is 0 Å². The van der Waals surface area contributed by atoms with Crippen LogP contribution in [0.25, 0.3) is 0 Å². The second-order valence-corrected chi connectivity index (χ2v) is 6.06. The third-order valence-corrected chi connectivity index (χ3v) is 4.58. The number of nitrogens with one attached hydrogen (secondary N) is 1. The van der Waals surface area contributed by atoms with Gasteiger partial charge in [0.1, 0.15) is 0 Å². The van der Waals surface area contributed by atoms with Crippen molar-refractivity contribution in [1.82, 2.24) is 10.2 Å². The van der Waals surface area contributed by atoms with Crippen LogP contribution in [0.2, 0.25) is 0 Å². The van der Waals surface area contributed by atoms with Gasteiger partial charge in [0.05, 0.1) is 0 Å². The summed E-state index contributed by atoms with van der Waals surface area (Å²) in [5.74, 6) is 0.805. The van der Waals surface area contributed by atoms with Crippen molar-refractivity contribution < 1.29 is 0 Å². The zero-order chi connectivity index (χ0) is 11.0. The molecule has 2 aliphatic rings. The molecule has 0 bridgehead atoms. The molecule has 1 aromatic rings. The van der Waals surface area contributed by atoms with Gasteiger partial charge < -0.3 is 5.32 Å². The lowest BCUT2D eigenvalue weighted by Gasteiger charge is -2.16. The van der Waals surface area contributed by atoms with Gasteiger partial charge in [0, 0.05) is 31.7 Å². The highest BCUT2D eigenvalue weighted by Gasteiger charge is 2.37. The molecule has 2 atom stereocenters. The van der Waals surface area contributed by atoms with Crippen molar-refractivity contribution in [2.75, 3.05) is 13.1 Å². The fourth-order valence-corrected chi connectivity index (χ4v) is 3.32. The molecule has 1 saturated heterocycles. The third kappa shape index (κ3) is 2.31. The molecule has 1 N–H and O–H groups in total. The Morgan fingerprint density at radius 3 is 3.00 bits per heavy atom. The van der Waals surface area contributed by atoms with Crippen LogP contribution in [0.3, 0.4) is 0 Å². The maximum atomic E-state index is 3.71. The van der Waals surface area contributed by atoms with E-state index in [0.29, 0.717) is 6.04 Å². The molecule has 1 aliphatic heterocycles. The Hall–Kier alpha value is -0.380. The summed E-state index contributed by atoms with van der Waals surface area (Å²) < 4.78 is 0. The van der Waals surface area contributed by atoms with Crippen LogP contribution in [-0.2, 0) is 6.54 Å². The number of likely N-dealkylation sites (tertiary alicyclic amines) is 1. The second-order valence-electron chi connectivity index (χ2n) is 5.28. The zero-order valence-electron chi connectivity index (χ0n) is 9.86. The van der Waals surface area contributed by atoms with Crippen molar-refractivity contribution in [3.8, 4) is 0 Å². The SMILES string of the molecule is CC1CN(C2CC2)CC1NCc1ccsc1. The molecule has 88 valence electrons. The van der Waals surface area contributed by atoms with E-state index in [-0.39, 0.29) is 0 Å². The van der Waals surface area contributed by atoms with Gasteiger partial charge in [-0.2, -0.15) is 11.3 Å². The van der Waals surface area contributed by atoms with Gasteiger partial charge in [-0.1, -0.05) is 6.92 Å². The van der Waals surface area contributed by atoms with Gasteiger partial charge in [0.2, 0.25) is 0 Å². The maximum Gasteiger partial charge on any atom is 0.0236 e. The summed E-state index contributed by atoms with van der Waals surface area (Å²) in [6, 6.07) is 3.84. The molecule has 1 saturated carbocycles. The molecule has 2 fully saturated rings. The van der Waals surface area contributed by atoms with Gasteiger partial charge in [-0.05, 0) is 41.1 Å². The van der Waals surface area contributed by atoms with Crippen LogP contribution in [0, 0.1) is 5.92 Å². The molecule has 2 unspecified atom stereocenters. The van der Waals surface area contributed by atoms with Gasteiger partial charge in [-0.25, -0.2) is 0 Å². The molecule has 1 aromatic heterocycles. The third-order valence-electron chi connectivity index (χ3n) is 3.85. The van der Waals surface area contributed by atoms with E-state index < -0.39 is 0 Å². The predicted octanol–water partition coefficient (Wildman–Crippen LogP) is 2.32. The summed E-state index contributed by atoms with van der Waals surface area (Å²) in [7, 11) is 0. The summed E-state index contributed by atoms with van der Waals surface area (Å²) >= 11 is 1.79. The number of hydrogen-bond donors (Lipinski definition) is 1. The van der Waals surface area contributed by atoms with Crippen LogP contribution >= 0.6 is 11.3 Å². The largest absolute Gasteiger partial charge is 0.308 e. The highest BCUT2D eigenvalue weighted by molar-refractivity contribution is 7.07. The lowest BCUT2D eigenvalue weighted by atomic mass is 10.1. The van der Waals surface area contributed by atoms with Crippen molar-refractivity contribution >= 4 is 11.3 Å². The minimum Gasteiger partial charge on any atom is -0.308 e. The highest BCUT2D eigenvalue weighted by Crippen LogP contribution is 2.31. The first-order valence-electron chi connectivity index (χ1n) is 6.31. The number of thiophene rings is 1. The minimum absolute atomic E-state index is 0.695.